The minimum Gasteiger partial charge on any atom is -0.318 e. The molecule has 0 aromatic carbocycles. The molecule has 1 radical (unpaired) electrons. The molecule has 0 unspecified atom stereocenters. The number of rotatable bonds is 1. The van der Waals surface area contributed by atoms with Crippen molar-refractivity contribution < 1.29 is 4.79 Å². The van der Waals surface area contributed by atoms with Crippen molar-refractivity contribution in [2.24, 2.45) is 0 Å². The van der Waals surface area contributed by atoms with E-state index in [0.29, 0.717) is 0 Å². The molecule has 0 aliphatic rings. The molecule has 1 aromatic rings. The van der Waals surface area contributed by atoms with Crippen LogP contribution in [0.25, 0.3) is 0 Å². The van der Waals surface area contributed by atoms with Crippen LogP contribution in [0.2, 0.25) is 0 Å². The Kier molecular flexibility index (Phi) is 1.85. The monoisotopic (exact) mass is 140 g/mol. The highest BCUT2D eigenvalue weighted by Gasteiger charge is 1.92. The first kappa shape index (κ1) is 6.29. The Morgan fingerprint density at radius 1 is 1.78 bits per heavy atom. The highest BCUT2D eigenvalue weighted by atomic mass is 32.1. The molecule has 0 atom stereocenters. The van der Waals surface area contributed by atoms with Crippen LogP contribution in [0.15, 0.2) is 17.5 Å². The van der Waals surface area contributed by atoms with Crippen molar-refractivity contribution in [2.45, 2.75) is 0 Å². The van der Waals surface area contributed by atoms with Crippen LogP contribution in [0.5, 0.6) is 0 Å². The summed E-state index contributed by atoms with van der Waals surface area (Å²) in [5, 5.41) is 5.29. The van der Waals surface area contributed by atoms with E-state index < -0.39 is 0 Å². The summed E-state index contributed by atoms with van der Waals surface area (Å²) in [7, 11) is 0. The molecule has 1 N–H and O–H groups in total. The lowest BCUT2D eigenvalue weighted by Gasteiger charge is -1.92. The second kappa shape index (κ2) is 2.64. The number of amides is 1. The maximum atomic E-state index is 10.3. The van der Waals surface area contributed by atoms with E-state index in [4.69, 9.17) is 0 Å². The predicted octanol–water partition coefficient (Wildman–Crippen LogP) is 1.52. The van der Waals surface area contributed by atoms with Crippen molar-refractivity contribution in [3.8, 4) is 0 Å². The van der Waals surface area contributed by atoms with Gasteiger partial charge in [-0.05, 0) is 17.5 Å². The van der Waals surface area contributed by atoms with Crippen molar-refractivity contribution in [3.63, 3.8) is 0 Å². The summed E-state index contributed by atoms with van der Waals surface area (Å²) < 4.78 is 0. The van der Waals surface area contributed by atoms with Crippen LogP contribution < -0.4 is 5.32 Å². The van der Waals surface area contributed by atoms with Crippen LogP contribution in [-0.2, 0) is 4.79 Å². The highest BCUT2D eigenvalue weighted by Crippen LogP contribution is 2.13. The summed E-state index contributed by atoms with van der Waals surface area (Å²) in [6.07, 6.45) is 0. The van der Waals surface area contributed by atoms with Crippen molar-refractivity contribution in [1.82, 2.24) is 0 Å². The fourth-order valence-corrected chi connectivity index (χ4v) is 1.12. The summed E-state index contributed by atoms with van der Waals surface area (Å²) in [6.45, 7) is 3.17. The van der Waals surface area contributed by atoms with Crippen LogP contribution in [0.1, 0.15) is 0 Å². The molecule has 47 valence electrons. The maximum absolute atomic E-state index is 10.3. The van der Waals surface area contributed by atoms with Gasteiger partial charge in [-0.1, -0.05) is 0 Å². The van der Waals surface area contributed by atoms with E-state index in [-0.39, 0.29) is 5.91 Å². The number of nitrogens with one attached hydrogen (secondary N) is 1. The lowest BCUT2D eigenvalue weighted by Crippen LogP contribution is -2.03. The Balaban J connectivity index is 2.58. The van der Waals surface area contributed by atoms with Gasteiger partial charge in [0.25, 0.3) is 0 Å². The van der Waals surface area contributed by atoms with Crippen LogP contribution >= 0.6 is 11.3 Å². The molecule has 0 aliphatic carbocycles. The SMILES string of the molecule is [CH2]C(=O)Nc1cccs1. The Morgan fingerprint density at radius 3 is 3.00 bits per heavy atom. The zero-order valence-electron chi connectivity index (χ0n) is 4.76. The van der Waals surface area contributed by atoms with Crippen LogP contribution in [-0.4, -0.2) is 5.91 Å². The summed E-state index contributed by atoms with van der Waals surface area (Å²) >= 11 is 1.48. The van der Waals surface area contributed by atoms with Crippen LogP contribution in [0.3, 0.4) is 0 Å². The molecule has 0 spiro atoms. The minimum absolute atomic E-state index is 0.266. The Bertz CT molecular complexity index is 193. The van der Waals surface area contributed by atoms with Crippen molar-refractivity contribution in [2.75, 3.05) is 5.32 Å². The second-order valence-electron chi connectivity index (χ2n) is 1.53. The van der Waals surface area contributed by atoms with Gasteiger partial charge in [0.1, 0.15) is 0 Å². The molecular formula is C6H6NOS. The van der Waals surface area contributed by atoms with Crippen molar-refractivity contribution in [3.05, 3.63) is 24.4 Å². The smallest absolute Gasteiger partial charge is 0.225 e. The Hall–Kier alpha value is -0.830. The van der Waals surface area contributed by atoms with E-state index in [1.807, 2.05) is 17.5 Å². The topological polar surface area (TPSA) is 29.1 Å². The number of carbonyl (C=O) groups excluding carboxylic acids is 1. The maximum Gasteiger partial charge on any atom is 0.225 e. The Morgan fingerprint density at radius 2 is 2.56 bits per heavy atom. The third-order valence-electron chi connectivity index (χ3n) is 0.784. The van der Waals surface area contributed by atoms with E-state index in [0.717, 1.165) is 5.00 Å². The summed E-state index contributed by atoms with van der Waals surface area (Å²) in [5.74, 6) is -0.266. The molecule has 3 heteroatoms. The predicted molar refractivity (Wildman–Crippen MR) is 38.3 cm³/mol. The average molecular weight is 140 g/mol. The van der Waals surface area contributed by atoms with Crippen molar-refractivity contribution in [1.29, 1.82) is 0 Å². The fraction of sp³-hybridized carbons (Fsp3) is 0. The zero-order valence-corrected chi connectivity index (χ0v) is 5.57. The van der Waals surface area contributed by atoms with Gasteiger partial charge < -0.3 is 5.32 Å². The molecule has 9 heavy (non-hydrogen) atoms. The molecule has 0 bridgehead atoms. The summed E-state index contributed by atoms with van der Waals surface area (Å²) in [5.41, 5.74) is 0. The van der Waals surface area contributed by atoms with E-state index in [1.54, 1.807) is 0 Å². The highest BCUT2D eigenvalue weighted by molar-refractivity contribution is 7.14. The quantitative estimate of drug-likeness (QED) is 0.629. The van der Waals surface area contributed by atoms with Gasteiger partial charge in [-0.2, -0.15) is 0 Å². The largest absolute Gasteiger partial charge is 0.318 e. The van der Waals surface area contributed by atoms with E-state index in [1.165, 1.54) is 11.3 Å². The van der Waals surface area contributed by atoms with E-state index >= 15 is 0 Å². The van der Waals surface area contributed by atoms with Crippen LogP contribution in [0.4, 0.5) is 5.00 Å². The molecular weight excluding hydrogens is 134 g/mol. The summed E-state index contributed by atoms with van der Waals surface area (Å²) in [4.78, 5) is 10.3. The van der Waals surface area contributed by atoms with Crippen molar-refractivity contribution >= 4 is 22.2 Å². The van der Waals surface area contributed by atoms with E-state index in [2.05, 4.69) is 12.2 Å². The third-order valence-corrected chi connectivity index (χ3v) is 1.57. The first-order valence-electron chi connectivity index (χ1n) is 2.45. The van der Waals surface area contributed by atoms with Gasteiger partial charge in [0.2, 0.25) is 5.91 Å². The van der Waals surface area contributed by atoms with Crippen LogP contribution in [0, 0.1) is 6.92 Å². The molecule has 0 aliphatic heterocycles. The van der Waals surface area contributed by atoms with Gasteiger partial charge in [0.15, 0.2) is 0 Å². The first-order valence-corrected chi connectivity index (χ1v) is 3.33. The number of hydrogen-bond donors (Lipinski definition) is 1. The zero-order chi connectivity index (χ0) is 6.69. The molecule has 1 heterocycles. The molecule has 0 fully saturated rings. The lowest BCUT2D eigenvalue weighted by molar-refractivity contribution is -0.112. The molecule has 0 saturated heterocycles. The summed E-state index contributed by atoms with van der Waals surface area (Å²) in [6, 6.07) is 3.70. The van der Waals surface area contributed by atoms with Gasteiger partial charge in [0.05, 0.1) is 5.00 Å². The van der Waals surface area contributed by atoms with Gasteiger partial charge in [-0.15, -0.1) is 11.3 Å². The van der Waals surface area contributed by atoms with Gasteiger partial charge in [-0.3, -0.25) is 4.79 Å². The first-order chi connectivity index (χ1) is 4.29. The van der Waals surface area contributed by atoms with Gasteiger partial charge in [0, 0.05) is 6.92 Å². The normalized spacial score (nSPS) is 9.00. The molecule has 1 amide bonds. The molecule has 1 aromatic heterocycles. The molecule has 2 nitrogen and oxygen atoms in total. The minimum atomic E-state index is -0.266. The number of carbonyl (C=O) groups is 1. The standard InChI is InChI=1S/C6H6NOS/c1-5(8)7-6-3-2-4-9-6/h2-4H,1H2,(H,7,8). The number of thiophene rings is 1. The third kappa shape index (κ3) is 1.85. The molecule has 0 saturated carbocycles. The van der Waals surface area contributed by atoms with Gasteiger partial charge >= 0.3 is 0 Å². The van der Waals surface area contributed by atoms with Gasteiger partial charge in [-0.25, -0.2) is 0 Å². The molecule has 1 rings (SSSR count). The fourth-order valence-electron chi connectivity index (χ4n) is 0.487. The number of hydrogen-bond acceptors (Lipinski definition) is 2. The number of anilines is 1. The lowest BCUT2D eigenvalue weighted by atomic mass is 10.6. The average Bonchev–Trinajstić information content (AvgIpc) is 2.15. The second-order valence-corrected chi connectivity index (χ2v) is 2.47. The Labute approximate surface area is 57.5 Å². The van der Waals surface area contributed by atoms with E-state index in [9.17, 15) is 4.79 Å².